The van der Waals surface area contributed by atoms with Gasteiger partial charge in [-0.15, -0.1) is 0 Å². The van der Waals surface area contributed by atoms with Gasteiger partial charge in [0.05, 0.1) is 11.5 Å². The Morgan fingerprint density at radius 1 is 0.917 bits per heavy atom. The molecule has 0 unspecified atom stereocenters. The molecule has 0 aromatic heterocycles. The van der Waals surface area contributed by atoms with Crippen molar-refractivity contribution in [2.24, 2.45) is 23.2 Å². The Kier molecular flexibility index (Phi) is 8.37. The van der Waals surface area contributed by atoms with Gasteiger partial charge in [-0.2, -0.15) is 5.26 Å². The monoisotopic (exact) mass is 329 g/mol. The number of allylic oxidation sites excluding steroid dienone is 2. The lowest BCUT2D eigenvalue weighted by Crippen LogP contribution is -2.27. The first kappa shape index (κ1) is 19.6. The number of hydrogen-bond donors (Lipinski definition) is 0. The van der Waals surface area contributed by atoms with Gasteiger partial charge in [0.2, 0.25) is 0 Å². The number of rotatable bonds is 8. The molecule has 0 aliphatic heterocycles. The maximum atomic E-state index is 9.82. The van der Waals surface area contributed by atoms with E-state index in [2.05, 4.69) is 32.1 Å². The molecule has 2 saturated carbocycles. The van der Waals surface area contributed by atoms with Crippen LogP contribution in [0.3, 0.4) is 0 Å². The molecule has 2 aliphatic carbocycles. The zero-order chi connectivity index (χ0) is 17.3. The highest BCUT2D eigenvalue weighted by molar-refractivity contribution is 5.04. The van der Waals surface area contributed by atoms with E-state index in [1.165, 1.54) is 70.6 Å². The summed E-state index contributed by atoms with van der Waals surface area (Å²) >= 11 is 0. The molecule has 0 aromatic carbocycles. The molecular weight excluding hydrogens is 290 g/mol. The van der Waals surface area contributed by atoms with Crippen LogP contribution < -0.4 is 0 Å². The molecule has 2 fully saturated rings. The van der Waals surface area contributed by atoms with E-state index in [1.807, 2.05) is 0 Å². The first-order valence-electron chi connectivity index (χ1n) is 10.8. The van der Waals surface area contributed by atoms with Crippen LogP contribution in [0.15, 0.2) is 12.2 Å². The van der Waals surface area contributed by atoms with E-state index in [0.717, 1.165) is 37.0 Å². The van der Waals surface area contributed by atoms with Gasteiger partial charge < -0.3 is 0 Å². The molecule has 0 heterocycles. The van der Waals surface area contributed by atoms with Crippen molar-refractivity contribution in [2.45, 2.75) is 104 Å². The molecule has 1 nitrogen and oxygen atoms in total. The Morgan fingerprint density at radius 3 is 2.08 bits per heavy atom. The smallest absolute Gasteiger partial charge is 0.0689 e. The summed E-state index contributed by atoms with van der Waals surface area (Å²) in [5, 5.41) is 9.82. The van der Waals surface area contributed by atoms with Crippen molar-refractivity contribution in [3.63, 3.8) is 0 Å². The third-order valence-electron chi connectivity index (χ3n) is 6.78. The van der Waals surface area contributed by atoms with Gasteiger partial charge >= 0.3 is 0 Å². The van der Waals surface area contributed by atoms with Crippen LogP contribution in [-0.4, -0.2) is 0 Å². The number of nitrogens with zero attached hydrogens (tertiary/aromatic N) is 1. The van der Waals surface area contributed by atoms with E-state index in [9.17, 15) is 5.26 Å². The summed E-state index contributed by atoms with van der Waals surface area (Å²) < 4.78 is 0. The SMILES string of the molecule is CCC/C=C/C1CCC(C#N)(CCC2CCC(CCC)CC2)CC1. The van der Waals surface area contributed by atoms with Crippen molar-refractivity contribution < 1.29 is 0 Å². The minimum atomic E-state index is 0.00929. The van der Waals surface area contributed by atoms with Crippen molar-refractivity contribution in [1.82, 2.24) is 0 Å². The van der Waals surface area contributed by atoms with Crippen LogP contribution in [0.25, 0.3) is 0 Å². The van der Waals surface area contributed by atoms with Gasteiger partial charge in [-0.3, -0.25) is 0 Å². The quantitative estimate of drug-likeness (QED) is 0.425. The van der Waals surface area contributed by atoms with E-state index in [-0.39, 0.29) is 5.41 Å². The predicted octanol–water partition coefficient (Wildman–Crippen LogP) is 7.43. The lowest BCUT2D eigenvalue weighted by atomic mass is 9.67. The number of nitriles is 1. The average molecular weight is 330 g/mol. The van der Waals surface area contributed by atoms with Gasteiger partial charge in [-0.1, -0.05) is 70.9 Å². The van der Waals surface area contributed by atoms with E-state index < -0.39 is 0 Å². The van der Waals surface area contributed by atoms with Gasteiger partial charge in [0.1, 0.15) is 0 Å². The van der Waals surface area contributed by atoms with E-state index in [4.69, 9.17) is 0 Å². The Labute approximate surface area is 150 Å². The molecule has 0 aromatic rings. The molecule has 0 amide bonds. The van der Waals surface area contributed by atoms with Gasteiger partial charge in [-0.25, -0.2) is 0 Å². The zero-order valence-electron chi connectivity index (χ0n) is 16.2. The van der Waals surface area contributed by atoms with E-state index >= 15 is 0 Å². The van der Waals surface area contributed by atoms with Gasteiger partial charge in [0.15, 0.2) is 0 Å². The van der Waals surface area contributed by atoms with Crippen LogP contribution in [0.5, 0.6) is 0 Å². The molecule has 1 heteroatoms. The topological polar surface area (TPSA) is 23.8 Å². The maximum absolute atomic E-state index is 9.82. The van der Waals surface area contributed by atoms with Gasteiger partial charge in [-0.05, 0) is 62.7 Å². The normalized spacial score (nSPS) is 34.3. The van der Waals surface area contributed by atoms with Gasteiger partial charge in [0.25, 0.3) is 0 Å². The standard InChI is InChI=1S/C23H39N/c1-3-5-6-8-21-13-16-23(19-24,17-14-21)18-15-22-11-9-20(7-4-2)10-12-22/h6,8,20-22H,3-5,7,9-18H2,1-2H3/b8-6+. The van der Waals surface area contributed by atoms with Crippen LogP contribution in [0, 0.1) is 34.5 Å². The molecule has 2 aliphatic rings. The average Bonchev–Trinajstić information content (AvgIpc) is 2.63. The summed E-state index contributed by atoms with van der Waals surface area (Å²) in [6.07, 6.45) is 23.0. The van der Waals surface area contributed by atoms with Crippen molar-refractivity contribution >= 4 is 0 Å². The largest absolute Gasteiger partial charge is 0.198 e. The second-order valence-corrected chi connectivity index (χ2v) is 8.66. The highest BCUT2D eigenvalue weighted by atomic mass is 14.4. The molecule has 0 saturated heterocycles. The third kappa shape index (κ3) is 5.94. The lowest BCUT2D eigenvalue weighted by molar-refractivity contribution is 0.180. The Bertz CT molecular complexity index is 400. The highest BCUT2D eigenvalue weighted by Crippen LogP contribution is 2.44. The Morgan fingerprint density at radius 2 is 1.54 bits per heavy atom. The molecule has 0 radical (unpaired) electrons. The summed E-state index contributed by atoms with van der Waals surface area (Å²) in [5.41, 5.74) is 0.00929. The molecule has 0 atom stereocenters. The molecule has 136 valence electrons. The highest BCUT2D eigenvalue weighted by Gasteiger charge is 2.35. The van der Waals surface area contributed by atoms with Crippen LogP contribution in [0.2, 0.25) is 0 Å². The molecular formula is C23H39N. The van der Waals surface area contributed by atoms with Crippen LogP contribution >= 0.6 is 0 Å². The van der Waals surface area contributed by atoms with Crippen molar-refractivity contribution in [1.29, 1.82) is 5.26 Å². The first-order valence-corrected chi connectivity index (χ1v) is 10.8. The Hall–Kier alpha value is -0.770. The minimum absolute atomic E-state index is 0.00929. The summed E-state index contributed by atoms with van der Waals surface area (Å²) in [4.78, 5) is 0. The molecule has 0 bridgehead atoms. The summed E-state index contributed by atoms with van der Waals surface area (Å²) in [6, 6.07) is 2.75. The first-order chi connectivity index (χ1) is 11.7. The summed E-state index contributed by atoms with van der Waals surface area (Å²) in [6.45, 7) is 4.55. The Balaban J connectivity index is 1.72. The van der Waals surface area contributed by atoms with Crippen molar-refractivity contribution in [2.75, 3.05) is 0 Å². The molecule has 0 N–H and O–H groups in total. The van der Waals surface area contributed by atoms with Crippen molar-refractivity contribution in [3.8, 4) is 6.07 Å². The van der Waals surface area contributed by atoms with Crippen LogP contribution in [0.1, 0.15) is 104 Å². The summed E-state index contributed by atoms with van der Waals surface area (Å²) in [5.74, 6) is 2.65. The maximum Gasteiger partial charge on any atom is 0.0689 e. The van der Waals surface area contributed by atoms with E-state index in [0.29, 0.717) is 0 Å². The molecule has 2 rings (SSSR count). The van der Waals surface area contributed by atoms with E-state index in [1.54, 1.807) is 0 Å². The third-order valence-corrected chi connectivity index (χ3v) is 6.78. The fraction of sp³-hybridized carbons (Fsp3) is 0.870. The van der Waals surface area contributed by atoms with Crippen LogP contribution in [0.4, 0.5) is 0 Å². The molecule has 24 heavy (non-hydrogen) atoms. The molecule has 0 spiro atoms. The predicted molar refractivity (Wildman–Crippen MR) is 104 cm³/mol. The minimum Gasteiger partial charge on any atom is -0.198 e. The fourth-order valence-corrected chi connectivity index (χ4v) is 4.96. The van der Waals surface area contributed by atoms with Crippen LogP contribution in [-0.2, 0) is 0 Å². The number of unbranched alkanes of at least 4 members (excludes halogenated alkanes) is 1. The van der Waals surface area contributed by atoms with Gasteiger partial charge in [0, 0.05) is 0 Å². The second-order valence-electron chi connectivity index (χ2n) is 8.66. The summed E-state index contributed by atoms with van der Waals surface area (Å²) in [7, 11) is 0. The van der Waals surface area contributed by atoms with Crippen molar-refractivity contribution in [3.05, 3.63) is 12.2 Å². The second kappa shape index (κ2) is 10.3. The zero-order valence-corrected chi connectivity index (χ0v) is 16.2. The lowest BCUT2D eigenvalue weighted by Gasteiger charge is -2.36. The fourth-order valence-electron chi connectivity index (χ4n) is 4.96. The number of hydrogen-bond acceptors (Lipinski definition) is 1.